The first-order chi connectivity index (χ1) is 13.4. The van der Waals surface area contributed by atoms with E-state index in [2.05, 4.69) is 15.0 Å². The topological polar surface area (TPSA) is 88.0 Å². The number of carbonyl (C=O) groups is 1. The minimum Gasteiger partial charge on any atom is -0.289 e. The van der Waals surface area contributed by atoms with Crippen LogP contribution in [-0.2, 0) is 4.79 Å². The number of hydroxylamine groups is 1. The Bertz CT molecular complexity index is 1060. The van der Waals surface area contributed by atoms with Gasteiger partial charge in [0.15, 0.2) is 16.6 Å². The van der Waals surface area contributed by atoms with Crippen LogP contribution in [0.25, 0.3) is 10.8 Å². The fourth-order valence-corrected chi connectivity index (χ4v) is 4.49. The number of hydrogen-bond acceptors (Lipinski definition) is 6. The predicted octanol–water partition coefficient (Wildman–Crippen LogP) is 3.28. The van der Waals surface area contributed by atoms with Crippen LogP contribution < -0.4 is 5.48 Å². The number of nitrogens with one attached hydrogen (secondary N) is 1. The molecule has 10 heteroatoms. The van der Waals surface area contributed by atoms with Gasteiger partial charge < -0.3 is 0 Å². The SMILES string of the molecule is Cc1c(F)cccc1C1C(c2cnc(-c3ncc(F)cn3)s2)C1(F)C(=O)NO. The van der Waals surface area contributed by atoms with E-state index < -0.39 is 35.0 Å². The Kier molecular flexibility index (Phi) is 4.39. The van der Waals surface area contributed by atoms with Gasteiger partial charge in [-0.25, -0.2) is 33.6 Å². The summed E-state index contributed by atoms with van der Waals surface area (Å²) in [7, 11) is 0. The number of thiazole rings is 1. The second kappa shape index (κ2) is 6.64. The largest absolute Gasteiger partial charge is 0.289 e. The van der Waals surface area contributed by atoms with E-state index in [1.165, 1.54) is 30.7 Å². The van der Waals surface area contributed by atoms with Crippen molar-refractivity contribution in [3.63, 3.8) is 0 Å². The minimum absolute atomic E-state index is 0.160. The van der Waals surface area contributed by atoms with Crippen molar-refractivity contribution in [3.8, 4) is 10.8 Å². The molecule has 2 aromatic heterocycles. The summed E-state index contributed by atoms with van der Waals surface area (Å²) >= 11 is 1.05. The molecule has 0 radical (unpaired) electrons. The van der Waals surface area contributed by atoms with Crippen LogP contribution in [0.2, 0.25) is 0 Å². The average Bonchev–Trinajstić information content (AvgIpc) is 3.06. The second-order valence-electron chi connectivity index (χ2n) is 6.41. The molecule has 1 aliphatic rings. The molecular formula is C18H13F3N4O2S. The number of nitrogens with zero attached hydrogens (tertiary/aromatic N) is 3. The van der Waals surface area contributed by atoms with Gasteiger partial charge in [0.05, 0.1) is 12.4 Å². The number of alkyl halides is 1. The smallest absolute Gasteiger partial charge is 0.282 e. The van der Waals surface area contributed by atoms with Crippen LogP contribution >= 0.6 is 11.3 Å². The standard InChI is InChI=1S/C18H13F3N4O2S/c1-8-10(3-2-4-11(8)20)13-14(18(13,21)17(26)25-27)12-7-24-16(28-12)15-22-5-9(19)6-23-15/h2-7,13-14,27H,1H3,(H,25,26). The van der Waals surface area contributed by atoms with Gasteiger partial charge in [-0.2, -0.15) is 0 Å². The molecule has 6 nitrogen and oxygen atoms in total. The zero-order valence-corrected chi connectivity index (χ0v) is 15.2. The van der Waals surface area contributed by atoms with Gasteiger partial charge in [0.25, 0.3) is 5.91 Å². The summed E-state index contributed by atoms with van der Waals surface area (Å²) in [5, 5.41) is 9.31. The normalized spacial score (nSPS) is 23.5. The third kappa shape index (κ3) is 2.76. The molecule has 1 saturated carbocycles. The summed E-state index contributed by atoms with van der Waals surface area (Å²) in [5.74, 6) is -4.12. The Labute approximate surface area is 161 Å². The lowest BCUT2D eigenvalue weighted by Gasteiger charge is -2.08. The number of halogens is 3. The Morgan fingerprint density at radius 2 is 1.89 bits per heavy atom. The highest BCUT2D eigenvalue weighted by molar-refractivity contribution is 7.15. The first kappa shape index (κ1) is 18.5. The van der Waals surface area contributed by atoms with Gasteiger partial charge in [-0.1, -0.05) is 12.1 Å². The number of benzene rings is 1. The van der Waals surface area contributed by atoms with Crippen molar-refractivity contribution in [1.82, 2.24) is 20.4 Å². The van der Waals surface area contributed by atoms with Crippen LogP contribution in [0.3, 0.4) is 0 Å². The van der Waals surface area contributed by atoms with E-state index in [-0.39, 0.29) is 11.4 Å². The zero-order valence-electron chi connectivity index (χ0n) is 14.4. The molecular weight excluding hydrogens is 393 g/mol. The van der Waals surface area contributed by atoms with E-state index in [0.717, 1.165) is 23.7 Å². The van der Waals surface area contributed by atoms with Gasteiger partial charge in [-0.05, 0) is 24.1 Å². The van der Waals surface area contributed by atoms with E-state index in [9.17, 15) is 13.6 Å². The Morgan fingerprint density at radius 3 is 2.57 bits per heavy atom. The summed E-state index contributed by atoms with van der Waals surface area (Å²) in [6.07, 6.45) is 3.35. The summed E-state index contributed by atoms with van der Waals surface area (Å²) in [4.78, 5) is 24.3. The molecule has 0 aliphatic heterocycles. The lowest BCUT2D eigenvalue weighted by atomic mass is 10.0. The molecule has 1 fully saturated rings. The van der Waals surface area contributed by atoms with Crippen molar-refractivity contribution in [2.24, 2.45) is 0 Å². The summed E-state index contributed by atoms with van der Waals surface area (Å²) in [5.41, 5.74) is -0.534. The first-order valence-electron chi connectivity index (χ1n) is 8.20. The monoisotopic (exact) mass is 406 g/mol. The number of hydrogen-bond donors (Lipinski definition) is 2. The van der Waals surface area contributed by atoms with Crippen LogP contribution in [0.1, 0.15) is 27.8 Å². The molecule has 144 valence electrons. The van der Waals surface area contributed by atoms with Gasteiger partial charge in [0.2, 0.25) is 5.67 Å². The molecule has 1 aliphatic carbocycles. The molecule has 0 saturated heterocycles. The molecule has 0 spiro atoms. The maximum atomic E-state index is 15.6. The van der Waals surface area contributed by atoms with Crippen LogP contribution in [-0.4, -0.2) is 31.7 Å². The van der Waals surface area contributed by atoms with Crippen molar-refractivity contribution in [2.75, 3.05) is 0 Å². The second-order valence-corrected chi connectivity index (χ2v) is 7.47. The molecule has 2 heterocycles. The maximum Gasteiger partial charge on any atom is 0.282 e. The van der Waals surface area contributed by atoms with E-state index in [4.69, 9.17) is 5.21 Å². The number of aromatic nitrogens is 3. The Balaban J connectivity index is 1.74. The molecule has 3 atom stereocenters. The molecule has 1 amide bonds. The van der Waals surface area contributed by atoms with Gasteiger partial charge >= 0.3 is 0 Å². The highest BCUT2D eigenvalue weighted by atomic mass is 32.1. The van der Waals surface area contributed by atoms with Crippen molar-refractivity contribution in [1.29, 1.82) is 0 Å². The first-order valence-corrected chi connectivity index (χ1v) is 9.01. The molecule has 0 bridgehead atoms. The highest BCUT2D eigenvalue weighted by Crippen LogP contribution is 2.67. The van der Waals surface area contributed by atoms with Crippen LogP contribution in [0.4, 0.5) is 13.2 Å². The Morgan fingerprint density at radius 1 is 1.18 bits per heavy atom. The van der Waals surface area contributed by atoms with E-state index >= 15 is 4.39 Å². The fourth-order valence-electron chi connectivity index (χ4n) is 3.42. The molecule has 3 aromatic rings. The lowest BCUT2D eigenvalue weighted by molar-refractivity contribution is -0.136. The molecule has 3 unspecified atom stereocenters. The van der Waals surface area contributed by atoms with E-state index in [1.54, 1.807) is 6.07 Å². The van der Waals surface area contributed by atoms with Crippen molar-refractivity contribution < 1.29 is 23.2 Å². The van der Waals surface area contributed by atoms with Gasteiger partial charge in [0.1, 0.15) is 5.82 Å². The number of amides is 1. The fraction of sp³-hybridized carbons (Fsp3) is 0.222. The Hall–Kier alpha value is -2.85. The number of carbonyl (C=O) groups excluding carboxylic acids is 1. The summed E-state index contributed by atoms with van der Waals surface area (Å²) in [6, 6.07) is 4.24. The van der Waals surface area contributed by atoms with Gasteiger partial charge in [-0.3, -0.25) is 10.0 Å². The van der Waals surface area contributed by atoms with Crippen LogP contribution in [0, 0.1) is 18.6 Å². The van der Waals surface area contributed by atoms with Crippen molar-refractivity contribution in [2.45, 2.75) is 24.4 Å². The van der Waals surface area contributed by atoms with E-state index in [1.807, 2.05) is 0 Å². The van der Waals surface area contributed by atoms with E-state index in [0.29, 0.717) is 15.4 Å². The molecule has 1 aromatic carbocycles. The maximum absolute atomic E-state index is 15.6. The highest BCUT2D eigenvalue weighted by Gasteiger charge is 2.73. The quantitative estimate of drug-likeness (QED) is 0.513. The summed E-state index contributed by atoms with van der Waals surface area (Å²) in [6.45, 7) is 1.50. The molecule has 28 heavy (non-hydrogen) atoms. The van der Waals surface area contributed by atoms with Gasteiger partial charge in [0, 0.05) is 22.9 Å². The number of rotatable bonds is 4. The summed E-state index contributed by atoms with van der Waals surface area (Å²) < 4.78 is 42.5. The lowest BCUT2D eigenvalue weighted by Crippen LogP contribution is -2.33. The minimum atomic E-state index is -2.46. The molecule has 4 rings (SSSR count). The molecule has 2 N–H and O–H groups in total. The average molecular weight is 406 g/mol. The third-order valence-electron chi connectivity index (χ3n) is 4.87. The predicted molar refractivity (Wildman–Crippen MR) is 93.5 cm³/mol. The van der Waals surface area contributed by atoms with Crippen molar-refractivity contribution in [3.05, 3.63) is 64.4 Å². The zero-order chi connectivity index (χ0) is 20.1. The third-order valence-corrected chi connectivity index (χ3v) is 5.94. The van der Waals surface area contributed by atoms with Gasteiger partial charge in [-0.15, -0.1) is 11.3 Å². The van der Waals surface area contributed by atoms with Crippen LogP contribution in [0.15, 0.2) is 36.8 Å². The van der Waals surface area contributed by atoms with Crippen LogP contribution in [0.5, 0.6) is 0 Å². The van der Waals surface area contributed by atoms with Crippen molar-refractivity contribution >= 4 is 17.2 Å².